The minimum Gasteiger partial charge on any atom is -0.331 e. The van der Waals surface area contributed by atoms with Crippen molar-refractivity contribution in [1.82, 2.24) is 14.9 Å². The number of hydrogen-bond donors (Lipinski definition) is 1. The lowest BCUT2D eigenvalue weighted by molar-refractivity contribution is 0.462. The van der Waals surface area contributed by atoms with Crippen molar-refractivity contribution in [3.8, 4) is 0 Å². The molecule has 0 saturated carbocycles. The summed E-state index contributed by atoms with van der Waals surface area (Å²) in [5.74, 6) is 2.30. The largest absolute Gasteiger partial charge is 0.331 e. The van der Waals surface area contributed by atoms with Gasteiger partial charge in [-0.2, -0.15) is 0 Å². The quantitative estimate of drug-likeness (QED) is 0.895. The Labute approximate surface area is 115 Å². The molecule has 3 heteroatoms. The minimum atomic E-state index is 0.470. The number of piperidine rings is 1. The van der Waals surface area contributed by atoms with Crippen LogP contribution >= 0.6 is 0 Å². The number of aryl methyl sites for hydroxylation is 1. The molecule has 1 aromatic carbocycles. The van der Waals surface area contributed by atoms with E-state index in [-0.39, 0.29) is 0 Å². The summed E-state index contributed by atoms with van der Waals surface area (Å²) < 4.78 is 2.23. The van der Waals surface area contributed by atoms with Crippen LogP contribution in [0.2, 0.25) is 0 Å². The van der Waals surface area contributed by atoms with Crippen LogP contribution in [0.4, 0.5) is 0 Å². The van der Waals surface area contributed by atoms with E-state index >= 15 is 0 Å². The van der Waals surface area contributed by atoms with Crippen LogP contribution in [0, 0.1) is 0 Å². The third-order valence-electron chi connectivity index (χ3n) is 4.22. The highest BCUT2D eigenvalue weighted by molar-refractivity contribution is 5.77. The second-order valence-corrected chi connectivity index (χ2v) is 5.98. The predicted molar refractivity (Wildman–Crippen MR) is 79.6 cm³/mol. The molecule has 2 aromatic rings. The van der Waals surface area contributed by atoms with E-state index in [4.69, 9.17) is 4.98 Å². The average molecular weight is 257 g/mol. The van der Waals surface area contributed by atoms with Crippen LogP contribution in [-0.2, 0) is 7.05 Å². The Bertz CT molecular complexity index is 577. The van der Waals surface area contributed by atoms with Gasteiger partial charge >= 0.3 is 0 Å². The first-order valence-corrected chi connectivity index (χ1v) is 7.34. The summed E-state index contributed by atoms with van der Waals surface area (Å²) in [5, 5.41) is 3.49. The lowest BCUT2D eigenvalue weighted by Gasteiger charge is -2.23. The van der Waals surface area contributed by atoms with Crippen molar-refractivity contribution >= 4 is 11.0 Å². The fourth-order valence-corrected chi connectivity index (χ4v) is 3.14. The first-order valence-electron chi connectivity index (χ1n) is 7.34. The molecular formula is C16H23N3. The third-order valence-corrected chi connectivity index (χ3v) is 4.22. The van der Waals surface area contributed by atoms with Crippen LogP contribution in [0.5, 0.6) is 0 Å². The van der Waals surface area contributed by atoms with Crippen molar-refractivity contribution in [2.75, 3.05) is 13.1 Å². The maximum atomic E-state index is 4.81. The van der Waals surface area contributed by atoms with Gasteiger partial charge in [-0.3, -0.25) is 0 Å². The summed E-state index contributed by atoms with van der Waals surface area (Å²) in [5.41, 5.74) is 3.83. The molecule has 1 fully saturated rings. The number of hydrogen-bond acceptors (Lipinski definition) is 2. The summed E-state index contributed by atoms with van der Waals surface area (Å²) in [4.78, 5) is 4.81. The van der Waals surface area contributed by atoms with Gasteiger partial charge in [-0.05, 0) is 43.0 Å². The first kappa shape index (κ1) is 12.7. The fourth-order valence-electron chi connectivity index (χ4n) is 3.14. The molecule has 0 aliphatic carbocycles. The number of imidazole rings is 1. The molecule has 1 unspecified atom stereocenters. The topological polar surface area (TPSA) is 29.9 Å². The minimum absolute atomic E-state index is 0.470. The molecule has 3 nitrogen and oxygen atoms in total. The SMILES string of the molecule is CC(C)c1nc2cc(C3CCCNC3)ccc2n1C. The standard InChI is InChI=1S/C16H23N3/c1-11(2)16-18-14-9-12(6-7-15(14)19(16)3)13-5-4-8-17-10-13/h6-7,9,11,13,17H,4-5,8,10H2,1-3H3. The van der Waals surface area contributed by atoms with Crippen LogP contribution in [0.25, 0.3) is 11.0 Å². The molecule has 0 bridgehead atoms. The number of fused-ring (bicyclic) bond motifs is 1. The predicted octanol–water partition coefficient (Wildman–Crippen LogP) is 3.16. The molecule has 2 heterocycles. The van der Waals surface area contributed by atoms with Crippen LogP contribution in [0.15, 0.2) is 18.2 Å². The number of nitrogens with zero attached hydrogens (tertiary/aromatic N) is 2. The van der Waals surface area contributed by atoms with Crippen molar-refractivity contribution in [3.05, 3.63) is 29.6 Å². The van der Waals surface area contributed by atoms with Gasteiger partial charge in [0, 0.05) is 19.5 Å². The molecule has 1 aliphatic heterocycles. The highest BCUT2D eigenvalue weighted by Crippen LogP contribution is 2.27. The van der Waals surface area contributed by atoms with Crippen molar-refractivity contribution in [2.45, 2.75) is 38.5 Å². The van der Waals surface area contributed by atoms with Crippen molar-refractivity contribution in [1.29, 1.82) is 0 Å². The van der Waals surface area contributed by atoms with E-state index in [9.17, 15) is 0 Å². The highest BCUT2D eigenvalue weighted by Gasteiger charge is 2.17. The number of nitrogens with one attached hydrogen (secondary N) is 1. The van der Waals surface area contributed by atoms with Gasteiger partial charge in [0.15, 0.2) is 0 Å². The van der Waals surface area contributed by atoms with Crippen molar-refractivity contribution in [3.63, 3.8) is 0 Å². The van der Waals surface area contributed by atoms with E-state index in [1.807, 2.05) is 0 Å². The zero-order valence-corrected chi connectivity index (χ0v) is 12.1. The van der Waals surface area contributed by atoms with Gasteiger partial charge in [0.25, 0.3) is 0 Å². The molecule has 102 valence electrons. The summed E-state index contributed by atoms with van der Waals surface area (Å²) in [6.45, 7) is 6.68. The van der Waals surface area contributed by atoms with Crippen molar-refractivity contribution < 1.29 is 0 Å². The second-order valence-electron chi connectivity index (χ2n) is 5.98. The number of rotatable bonds is 2. The van der Waals surface area contributed by atoms with E-state index < -0.39 is 0 Å². The monoisotopic (exact) mass is 257 g/mol. The molecule has 3 rings (SSSR count). The second kappa shape index (κ2) is 4.97. The Kier molecular flexibility index (Phi) is 3.31. The van der Waals surface area contributed by atoms with E-state index in [1.54, 1.807) is 0 Å². The van der Waals surface area contributed by atoms with Gasteiger partial charge in [0.05, 0.1) is 11.0 Å². The van der Waals surface area contributed by atoms with Gasteiger partial charge in [-0.1, -0.05) is 19.9 Å². The summed E-state index contributed by atoms with van der Waals surface area (Å²) in [6, 6.07) is 6.81. The Hall–Kier alpha value is -1.35. The third kappa shape index (κ3) is 2.27. The molecular weight excluding hydrogens is 234 g/mol. The molecule has 1 N–H and O–H groups in total. The van der Waals surface area contributed by atoms with Gasteiger partial charge in [0.2, 0.25) is 0 Å². The smallest absolute Gasteiger partial charge is 0.112 e. The maximum absolute atomic E-state index is 4.81. The van der Waals surface area contributed by atoms with Gasteiger partial charge < -0.3 is 9.88 Å². The summed E-state index contributed by atoms with van der Waals surface area (Å²) in [6.07, 6.45) is 2.57. The van der Waals surface area contributed by atoms with Crippen LogP contribution in [0.3, 0.4) is 0 Å². The highest BCUT2D eigenvalue weighted by atomic mass is 15.1. The zero-order valence-electron chi connectivity index (χ0n) is 12.1. The zero-order chi connectivity index (χ0) is 13.4. The Balaban J connectivity index is 2.00. The molecule has 1 saturated heterocycles. The average Bonchev–Trinajstić information content (AvgIpc) is 2.77. The van der Waals surface area contributed by atoms with Crippen molar-refractivity contribution in [2.24, 2.45) is 7.05 Å². The molecule has 0 radical (unpaired) electrons. The van der Waals surface area contributed by atoms with Crippen LogP contribution in [0.1, 0.15) is 49.9 Å². The molecule has 1 aliphatic rings. The van der Waals surface area contributed by atoms with Crippen LogP contribution in [-0.4, -0.2) is 22.6 Å². The summed E-state index contributed by atoms with van der Waals surface area (Å²) in [7, 11) is 2.12. The maximum Gasteiger partial charge on any atom is 0.112 e. The number of benzene rings is 1. The van der Waals surface area contributed by atoms with E-state index in [0.717, 1.165) is 12.1 Å². The van der Waals surface area contributed by atoms with Gasteiger partial charge in [-0.15, -0.1) is 0 Å². The number of aromatic nitrogens is 2. The Morgan fingerprint density at radius 1 is 1.37 bits per heavy atom. The normalized spacial score (nSPS) is 20.3. The van der Waals surface area contributed by atoms with Crippen LogP contribution < -0.4 is 5.32 Å². The lowest BCUT2D eigenvalue weighted by Crippen LogP contribution is -2.28. The molecule has 19 heavy (non-hydrogen) atoms. The molecule has 0 amide bonds. The fraction of sp³-hybridized carbons (Fsp3) is 0.562. The Morgan fingerprint density at radius 3 is 2.89 bits per heavy atom. The van der Waals surface area contributed by atoms with E-state index in [2.05, 4.69) is 49.0 Å². The lowest BCUT2D eigenvalue weighted by atomic mass is 9.91. The van der Waals surface area contributed by atoms with Gasteiger partial charge in [0.1, 0.15) is 5.82 Å². The molecule has 1 aromatic heterocycles. The Morgan fingerprint density at radius 2 is 2.21 bits per heavy atom. The molecule has 0 spiro atoms. The van der Waals surface area contributed by atoms with Gasteiger partial charge in [-0.25, -0.2) is 4.98 Å². The van der Waals surface area contributed by atoms with E-state index in [0.29, 0.717) is 11.8 Å². The molecule has 1 atom stereocenters. The van der Waals surface area contributed by atoms with E-state index in [1.165, 1.54) is 36.3 Å². The first-order chi connectivity index (χ1) is 9.16. The summed E-state index contributed by atoms with van der Waals surface area (Å²) >= 11 is 0.